The highest BCUT2D eigenvalue weighted by atomic mass is 32.2. The van der Waals surface area contributed by atoms with Gasteiger partial charge in [0.2, 0.25) is 11.8 Å². The molecule has 1 saturated heterocycles. The Balaban J connectivity index is 2.62. The topological polar surface area (TPSA) is 84.7 Å². The van der Waals surface area contributed by atoms with Crippen LogP contribution in [0.3, 0.4) is 0 Å². The summed E-state index contributed by atoms with van der Waals surface area (Å²) in [5.74, 6) is 0.528. The Labute approximate surface area is 124 Å². The van der Waals surface area contributed by atoms with Crippen LogP contribution in [0.25, 0.3) is 0 Å². The first-order chi connectivity index (χ1) is 9.61. The molecule has 0 radical (unpaired) electrons. The fourth-order valence-corrected chi connectivity index (χ4v) is 2.52. The van der Waals surface area contributed by atoms with Crippen LogP contribution < -0.4 is 11.1 Å². The van der Waals surface area contributed by atoms with E-state index < -0.39 is 12.1 Å². The number of thioether (sulfide) groups is 1. The molecule has 2 atom stereocenters. The van der Waals surface area contributed by atoms with Gasteiger partial charge in [0.15, 0.2) is 0 Å². The average molecular weight is 303 g/mol. The van der Waals surface area contributed by atoms with Crippen molar-refractivity contribution in [3.63, 3.8) is 0 Å². The third-order valence-electron chi connectivity index (χ3n) is 3.21. The van der Waals surface area contributed by atoms with Crippen LogP contribution in [0.4, 0.5) is 0 Å². The van der Waals surface area contributed by atoms with Crippen molar-refractivity contribution in [1.82, 2.24) is 10.2 Å². The SMILES string of the molecule is CCCNC(=O)C1COCCN1C(=O)[C@H](N)CCSC. The molecular weight excluding hydrogens is 278 g/mol. The van der Waals surface area contributed by atoms with E-state index in [-0.39, 0.29) is 18.4 Å². The van der Waals surface area contributed by atoms with Crippen LogP contribution in [-0.2, 0) is 14.3 Å². The molecule has 3 N–H and O–H groups in total. The minimum atomic E-state index is -0.553. The van der Waals surface area contributed by atoms with E-state index >= 15 is 0 Å². The fraction of sp³-hybridized carbons (Fsp3) is 0.846. The van der Waals surface area contributed by atoms with Crippen molar-refractivity contribution < 1.29 is 14.3 Å². The second-order valence-corrected chi connectivity index (χ2v) is 5.79. The molecule has 1 aliphatic heterocycles. The Morgan fingerprint density at radius 1 is 1.55 bits per heavy atom. The Morgan fingerprint density at radius 3 is 2.95 bits per heavy atom. The molecule has 2 amide bonds. The lowest BCUT2D eigenvalue weighted by Gasteiger charge is -2.36. The average Bonchev–Trinajstić information content (AvgIpc) is 2.49. The van der Waals surface area contributed by atoms with Crippen LogP contribution >= 0.6 is 11.8 Å². The summed E-state index contributed by atoms with van der Waals surface area (Å²) in [5.41, 5.74) is 5.92. The lowest BCUT2D eigenvalue weighted by Crippen LogP contribution is -2.59. The molecule has 1 heterocycles. The number of ether oxygens (including phenoxy) is 1. The van der Waals surface area contributed by atoms with E-state index in [2.05, 4.69) is 5.32 Å². The predicted molar refractivity (Wildman–Crippen MR) is 80.6 cm³/mol. The lowest BCUT2D eigenvalue weighted by atomic mass is 10.1. The van der Waals surface area contributed by atoms with Gasteiger partial charge in [-0.15, -0.1) is 0 Å². The summed E-state index contributed by atoms with van der Waals surface area (Å²) in [4.78, 5) is 26.0. The number of nitrogens with two attached hydrogens (primary N) is 1. The lowest BCUT2D eigenvalue weighted by molar-refractivity contribution is -0.149. The smallest absolute Gasteiger partial charge is 0.245 e. The van der Waals surface area contributed by atoms with E-state index in [1.165, 1.54) is 0 Å². The van der Waals surface area contributed by atoms with Crippen LogP contribution in [0.15, 0.2) is 0 Å². The zero-order valence-electron chi connectivity index (χ0n) is 12.3. The van der Waals surface area contributed by atoms with Gasteiger partial charge in [-0.1, -0.05) is 6.92 Å². The van der Waals surface area contributed by atoms with Gasteiger partial charge in [-0.3, -0.25) is 9.59 Å². The van der Waals surface area contributed by atoms with E-state index in [9.17, 15) is 9.59 Å². The molecule has 0 bridgehead atoms. The third-order valence-corrected chi connectivity index (χ3v) is 3.86. The highest BCUT2D eigenvalue weighted by Crippen LogP contribution is 2.11. The summed E-state index contributed by atoms with van der Waals surface area (Å²) in [5, 5.41) is 2.81. The normalized spacial score (nSPS) is 20.6. The number of amides is 2. The number of nitrogens with zero attached hydrogens (tertiary/aromatic N) is 1. The fourth-order valence-electron chi connectivity index (χ4n) is 2.03. The van der Waals surface area contributed by atoms with Crippen molar-refractivity contribution in [2.45, 2.75) is 31.8 Å². The Kier molecular flexibility index (Phi) is 7.94. The largest absolute Gasteiger partial charge is 0.377 e. The first-order valence-corrected chi connectivity index (χ1v) is 8.41. The van der Waals surface area contributed by atoms with E-state index in [1.807, 2.05) is 13.2 Å². The molecule has 0 saturated carbocycles. The molecule has 0 aromatic heterocycles. The molecule has 1 aliphatic rings. The van der Waals surface area contributed by atoms with Gasteiger partial charge in [0, 0.05) is 13.1 Å². The van der Waals surface area contributed by atoms with E-state index in [0.717, 1.165) is 12.2 Å². The minimum absolute atomic E-state index is 0.154. The Hall–Kier alpha value is -0.790. The van der Waals surface area contributed by atoms with Crippen LogP contribution in [-0.4, -0.2) is 67.1 Å². The minimum Gasteiger partial charge on any atom is -0.377 e. The van der Waals surface area contributed by atoms with Crippen LogP contribution in [0, 0.1) is 0 Å². The maximum absolute atomic E-state index is 12.3. The molecule has 1 fully saturated rings. The third kappa shape index (κ3) is 4.96. The quantitative estimate of drug-likeness (QED) is 0.681. The zero-order valence-corrected chi connectivity index (χ0v) is 13.1. The zero-order chi connectivity index (χ0) is 15.0. The molecular formula is C13H25N3O3S. The molecule has 0 spiro atoms. The monoisotopic (exact) mass is 303 g/mol. The standard InChI is InChI=1S/C13H25N3O3S/c1-3-5-15-12(17)11-9-19-7-6-16(11)13(18)10(14)4-8-20-2/h10-11H,3-9,14H2,1-2H3,(H,15,17)/t10-,11?/m1/s1. The van der Waals surface area contributed by atoms with E-state index in [4.69, 9.17) is 10.5 Å². The maximum Gasteiger partial charge on any atom is 0.245 e. The molecule has 1 unspecified atom stereocenters. The van der Waals surface area contributed by atoms with Gasteiger partial charge >= 0.3 is 0 Å². The summed E-state index contributed by atoms with van der Waals surface area (Å²) in [7, 11) is 0. The Bertz CT molecular complexity index is 328. The van der Waals surface area contributed by atoms with Crippen molar-refractivity contribution in [2.75, 3.05) is 38.3 Å². The van der Waals surface area contributed by atoms with Gasteiger partial charge in [-0.25, -0.2) is 0 Å². The second-order valence-electron chi connectivity index (χ2n) is 4.80. The highest BCUT2D eigenvalue weighted by molar-refractivity contribution is 7.98. The molecule has 7 heteroatoms. The first-order valence-electron chi connectivity index (χ1n) is 7.02. The predicted octanol–water partition coefficient (Wildman–Crippen LogP) is -0.180. The van der Waals surface area contributed by atoms with Gasteiger partial charge < -0.3 is 20.7 Å². The summed E-state index contributed by atoms with van der Waals surface area (Å²) in [6.07, 6.45) is 3.47. The summed E-state index contributed by atoms with van der Waals surface area (Å²) < 4.78 is 5.32. The van der Waals surface area contributed by atoms with E-state index in [1.54, 1.807) is 16.7 Å². The second kappa shape index (κ2) is 9.20. The molecule has 116 valence electrons. The number of hydrogen-bond acceptors (Lipinski definition) is 5. The van der Waals surface area contributed by atoms with Gasteiger partial charge in [0.25, 0.3) is 0 Å². The number of carbonyl (C=O) groups excluding carboxylic acids is 2. The number of carbonyl (C=O) groups is 2. The number of nitrogens with one attached hydrogen (secondary N) is 1. The maximum atomic E-state index is 12.3. The Morgan fingerprint density at radius 2 is 2.30 bits per heavy atom. The van der Waals surface area contributed by atoms with Gasteiger partial charge in [0.05, 0.1) is 19.3 Å². The van der Waals surface area contributed by atoms with Crippen molar-refractivity contribution in [2.24, 2.45) is 5.73 Å². The number of hydrogen-bond donors (Lipinski definition) is 2. The molecule has 20 heavy (non-hydrogen) atoms. The number of rotatable bonds is 7. The van der Waals surface area contributed by atoms with Gasteiger partial charge in [-0.2, -0.15) is 11.8 Å². The molecule has 0 aliphatic carbocycles. The highest BCUT2D eigenvalue weighted by Gasteiger charge is 2.34. The van der Waals surface area contributed by atoms with Crippen LogP contribution in [0.5, 0.6) is 0 Å². The molecule has 6 nitrogen and oxygen atoms in total. The van der Waals surface area contributed by atoms with Crippen molar-refractivity contribution >= 4 is 23.6 Å². The van der Waals surface area contributed by atoms with Gasteiger partial charge in [-0.05, 0) is 24.9 Å². The molecule has 1 rings (SSSR count). The van der Waals surface area contributed by atoms with Crippen LogP contribution in [0.1, 0.15) is 19.8 Å². The number of morpholine rings is 1. The van der Waals surface area contributed by atoms with Crippen LogP contribution in [0.2, 0.25) is 0 Å². The molecule has 0 aromatic carbocycles. The summed E-state index contributed by atoms with van der Waals surface area (Å²) in [6.45, 7) is 3.72. The first kappa shape index (κ1) is 17.3. The van der Waals surface area contributed by atoms with Crippen molar-refractivity contribution in [3.8, 4) is 0 Å². The molecule has 0 aromatic rings. The summed E-state index contributed by atoms with van der Waals surface area (Å²) >= 11 is 1.66. The van der Waals surface area contributed by atoms with Crippen molar-refractivity contribution in [1.29, 1.82) is 0 Å². The van der Waals surface area contributed by atoms with Gasteiger partial charge in [0.1, 0.15) is 6.04 Å². The van der Waals surface area contributed by atoms with E-state index in [0.29, 0.717) is 26.1 Å². The summed E-state index contributed by atoms with van der Waals surface area (Å²) in [6, 6.07) is -1.09. The van der Waals surface area contributed by atoms with Crippen molar-refractivity contribution in [3.05, 3.63) is 0 Å².